The van der Waals surface area contributed by atoms with E-state index < -0.39 is 0 Å². The molecule has 1 N–H and O–H groups in total. The molecule has 0 spiro atoms. The number of nitrogens with zero attached hydrogens (tertiary/aromatic N) is 4. The molecule has 1 aromatic rings. The van der Waals surface area contributed by atoms with E-state index in [0.717, 1.165) is 19.5 Å². The van der Waals surface area contributed by atoms with Gasteiger partial charge in [-0.1, -0.05) is 11.6 Å². The van der Waals surface area contributed by atoms with E-state index in [9.17, 15) is 4.79 Å². The Morgan fingerprint density at radius 1 is 1.44 bits per heavy atom. The van der Waals surface area contributed by atoms with Crippen LogP contribution in [0.15, 0.2) is 0 Å². The molecule has 1 amide bonds. The number of hydrogen-bond donors (Lipinski definition) is 1. The van der Waals surface area contributed by atoms with E-state index in [1.807, 2.05) is 6.92 Å². The van der Waals surface area contributed by atoms with Crippen molar-refractivity contribution in [3.05, 3.63) is 10.8 Å². The second-order valence-corrected chi connectivity index (χ2v) is 5.22. The van der Waals surface area contributed by atoms with Crippen molar-refractivity contribution < 1.29 is 4.79 Å². The van der Waals surface area contributed by atoms with Gasteiger partial charge in [0.25, 0.3) is 0 Å². The van der Waals surface area contributed by atoms with E-state index >= 15 is 0 Å². The lowest BCUT2D eigenvalue weighted by Gasteiger charge is -2.34. The van der Waals surface area contributed by atoms with Gasteiger partial charge < -0.3 is 10.2 Å². The first-order valence-corrected chi connectivity index (χ1v) is 6.42. The van der Waals surface area contributed by atoms with Gasteiger partial charge in [-0.05, 0) is 19.3 Å². The topological polar surface area (TPSA) is 71.0 Å². The van der Waals surface area contributed by atoms with Crippen LogP contribution >= 0.6 is 11.6 Å². The Hall–Kier alpha value is -1.43. The predicted octanol–water partition coefficient (Wildman–Crippen LogP) is 0.548. The summed E-state index contributed by atoms with van der Waals surface area (Å²) in [5, 5.41) is 11.2. The van der Waals surface area contributed by atoms with Crippen LogP contribution in [-0.2, 0) is 4.79 Å². The average molecular weight is 268 g/mol. The summed E-state index contributed by atoms with van der Waals surface area (Å²) in [6.07, 6.45) is 1.63. The quantitative estimate of drug-likeness (QED) is 0.805. The molecular weight excluding hydrogens is 254 g/mol. The molecule has 2 atom stereocenters. The van der Waals surface area contributed by atoms with Crippen LogP contribution in [-0.4, -0.2) is 40.2 Å². The third-order valence-corrected chi connectivity index (χ3v) is 3.98. The van der Waals surface area contributed by atoms with Crippen LogP contribution in [0.1, 0.15) is 18.5 Å². The monoisotopic (exact) mass is 267 g/mol. The van der Waals surface area contributed by atoms with E-state index in [1.54, 1.807) is 0 Å². The smallest absolute Gasteiger partial charge is 0.245 e. The Morgan fingerprint density at radius 3 is 3.06 bits per heavy atom. The highest BCUT2D eigenvalue weighted by Crippen LogP contribution is 2.27. The fraction of sp³-hybridized carbons (Fsp3) is 0.636. The third-order valence-electron chi connectivity index (χ3n) is 3.63. The number of aryl methyl sites for hydroxylation is 1. The van der Waals surface area contributed by atoms with Gasteiger partial charge in [0.1, 0.15) is 0 Å². The first-order valence-electron chi connectivity index (χ1n) is 6.04. The second-order valence-electron chi connectivity index (χ2n) is 4.86. The van der Waals surface area contributed by atoms with E-state index in [1.165, 1.54) is 0 Å². The number of nitrogens with one attached hydrogen (secondary N) is 1. The molecule has 0 saturated carbocycles. The molecule has 2 aliphatic rings. The average Bonchev–Trinajstić information content (AvgIpc) is 2.71. The van der Waals surface area contributed by atoms with Crippen molar-refractivity contribution in [3.8, 4) is 0 Å². The van der Waals surface area contributed by atoms with Crippen molar-refractivity contribution in [2.45, 2.75) is 25.8 Å². The molecule has 3 rings (SSSR count). The van der Waals surface area contributed by atoms with E-state index in [-0.39, 0.29) is 11.9 Å². The van der Waals surface area contributed by atoms with Crippen molar-refractivity contribution >= 4 is 23.5 Å². The molecule has 0 aliphatic carbocycles. The Kier molecular flexibility index (Phi) is 2.81. The molecule has 96 valence electrons. The van der Waals surface area contributed by atoms with Crippen molar-refractivity contribution in [1.82, 2.24) is 20.5 Å². The van der Waals surface area contributed by atoms with Crippen LogP contribution in [0.3, 0.4) is 0 Å². The van der Waals surface area contributed by atoms with Gasteiger partial charge in [0, 0.05) is 25.6 Å². The summed E-state index contributed by atoms with van der Waals surface area (Å²) in [4.78, 5) is 17.8. The third kappa shape index (κ3) is 2.01. The van der Waals surface area contributed by atoms with E-state index in [2.05, 4.69) is 25.4 Å². The molecule has 1 aromatic heterocycles. The van der Waals surface area contributed by atoms with Crippen molar-refractivity contribution in [3.63, 3.8) is 0 Å². The molecule has 6 nitrogen and oxygen atoms in total. The largest absolute Gasteiger partial charge is 0.351 e. The number of halogens is 1. The molecule has 0 radical (unpaired) electrons. The minimum Gasteiger partial charge on any atom is -0.351 e. The number of piperidine rings is 1. The summed E-state index contributed by atoms with van der Waals surface area (Å²) >= 11 is 5.82. The molecule has 18 heavy (non-hydrogen) atoms. The summed E-state index contributed by atoms with van der Waals surface area (Å²) in [6.45, 7) is 3.42. The molecule has 7 heteroatoms. The maximum Gasteiger partial charge on any atom is 0.245 e. The molecule has 0 unspecified atom stereocenters. The van der Waals surface area contributed by atoms with Gasteiger partial charge in [-0.25, -0.2) is 4.98 Å². The highest BCUT2D eigenvalue weighted by Gasteiger charge is 2.37. The van der Waals surface area contributed by atoms with Crippen LogP contribution in [0, 0.1) is 12.8 Å². The Balaban J connectivity index is 1.77. The van der Waals surface area contributed by atoms with Crippen molar-refractivity contribution in [2.75, 3.05) is 18.0 Å². The van der Waals surface area contributed by atoms with Crippen LogP contribution in [0.4, 0.5) is 5.95 Å². The number of carbonyl (C=O) groups excluding carboxylic acids is 1. The maximum atomic E-state index is 11.4. The molecule has 2 fully saturated rings. The van der Waals surface area contributed by atoms with Crippen LogP contribution in [0.25, 0.3) is 0 Å². The Morgan fingerprint density at radius 2 is 2.28 bits per heavy atom. The summed E-state index contributed by atoms with van der Waals surface area (Å²) < 4.78 is 0. The summed E-state index contributed by atoms with van der Waals surface area (Å²) in [5.41, 5.74) is 0.680. The van der Waals surface area contributed by atoms with Crippen molar-refractivity contribution in [2.24, 2.45) is 5.92 Å². The normalized spacial score (nSPS) is 27.0. The lowest BCUT2D eigenvalue weighted by molar-refractivity contribution is -0.119. The first kappa shape index (κ1) is 11.6. The van der Waals surface area contributed by atoms with Crippen LogP contribution in [0.5, 0.6) is 0 Å². The summed E-state index contributed by atoms with van der Waals surface area (Å²) in [6, 6.07) is 0.214. The summed E-state index contributed by atoms with van der Waals surface area (Å²) in [5.74, 6) is 1.20. The van der Waals surface area contributed by atoms with Gasteiger partial charge in [-0.15, -0.1) is 10.2 Å². The van der Waals surface area contributed by atoms with Crippen LogP contribution < -0.4 is 10.2 Å². The van der Waals surface area contributed by atoms with Gasteiger partial charge in [-0.3, -0.25) is 4.79 Å². The Labute approximate surface area is 110 Å². The lowest BCUT2D eigenvalue weighted by atomic mass is 9.93. The van der Waals surface area contributed by atoms with Gasteiger partial charge in [0.2, 0.25) is 11.9 Å². The van der Waals surface area contributed by atoms with Gasteiger partial charge in [0.05, 0.1) is 5.69 Å². The zero-order valence-electron chi connectivity index (χ0n) is 10.1. The van der Waals surface area contributed by atoms with E-state index in [4.69, 9.17) is 11.6 Å². The van der Waals surface area contributed by atoms with Crippen molar-refractivity contribution in [1.29, 1.82) is 0 Å². The lowest BCUT2D eigenvalue weighted by Crippen LogP contribution is -2.47. The Bertz CT molecular complexity index is 494. The minimum atomic E-state index is 0.151. The number of amides is 1. The summed E-state index contributed by atoms with van der Waals surface area (Å²) in [7, 11) is 0. The number of aromatic nitrogens is 3. The molecule has 2 saturated heterocycles. The fourth-order valence-electron chi connectivity index (χ4n) is 2.61. The maximum absolute atomic E-state index is 11.4. The standard InChI is InChI=1S/C11H14ClN5O/c1-6-10(12)15-16-11(13-6)17-3-2-7-4-9(18)14-8(7)5-17/h7-8H,2-5H2,1H3,(H,14,18)/t7-,8-/m0/s1. The van der Waals surface area contributed by atoms with Gasteiger partial charge >= 0.3 is 0 Å². The van der Waals surface area contributed by atoms with Gasteiger partial charge in [-0.2, -0.15) is 0 Å². The van der Waals surface area contributed by atoms with E-state index in [0.29, 0.717) is 29.1 Å². The SMILES string of the molecule is Cc1nc(N2CC[C@H]3CC(=O)N[C@H]3C2)nnc1Cl. The highest BCUT2D eigenvalue weighted by atomic mass is 35.5. The van der Waals surface area contributed by atoms with Gasteiger partial charge in [0.15, 0.2) is 5.15 Å². The molecule has 0 bridgehead atoms. The predicted molar refractivity (Wildman–Crippen MR) is 66.4 cm³/mol. The highest BCUT2D eigenvalue weighted by molar-refractivity contribution is 6.29. The minimum absolute atomic E-state index is 0.151. The number of carbonyl (C=O) groups is 1. The molecule has 0 aromatic carbocycles. The second kappa shape index (κ2) is 4.35. The van der Waals surface area contributed by atoms with Crippen LogP contribution in [0.2, 0.25) is 5.15 Å². The number of anilines is 1. The zero-order valence-corrected chi connectivity index (χ0v) is 10.8. The molecule has 2 aliphatic heterocycles. The first-order chi connectivity index (χ1) is 8.63. The zero-order chi connectivity index (χ0) is 12.7. The number of fused-ring (bicyclic) bond motifs is 1. The number of rotatable bonds is 1. The molecule has 3 heterocycles. The fourth-order valence-corrected chi connectivity index (χ4v) is 2.69. The number of hydrogen-bond acceptors (Lipinski definition) is 5. The molecular formula is C11H14ClN5O.